The monoisotopic (exact) mass is 242 g/mol. The highest BCUT2D eigenvalue weighted by Gasteiger charge is 2.08. The van der Waals surface area contributed by atoms with Gasteiger partial charge in [0.2, 0.25) is 0 Å². The van der Waals surface area contributed by atoms with E-state index in [1.54, 1.807) is 0 Å². The van der Waals surface area contributed by atoms with Crippen molar-refractivity contribution < 1.29 is 0 Å². The van der Waals surface area contributed by atoms with Crippen molar-refractivity contribution in [2.24, 2.45) is 5.92 Å². The topological polar surface area (TPSA) is 0 Å². The third-order valence-electron chi connectivity index (χ3n) is 3.74. The van der Waals surface area contributed by atoms with Crippen molar-refractivity contribution in [3.63, 3.8) is 0 Å². The van der Waals surface area contributed by atoms with Gasteiger partial charge in [-0.3, -0.25) is 0 Å². The van der Waals surface area contributed by atoms with E-state index in [2.05, 4.69) is 51.3 Å². The average Bonchev–Trinajstić information content (AvgIpc) is 2.43. The molecule has 1 rings (SSSR count). The molecule has 0 bridgehead atoms. The molecule has 0 unspecified atom stereocenters. The van der Waals surface area contributed by atoms with E-state index in [1.807, 2.05) is 6.08 Å². The summed E-state index contributed by atoms with van der Waals surface area (Å²) in [5.41, 5.74) is 4.18. The number of allylic oxidation sites excluding steroid dienone is 2. The van der Waals surface area contributed by atoms with E-state index in [0.29, 0.717) is 0 Å². The van der Waals surface area contributed by atoms with E-state index < -0.39 is 0 Å². The van der Waals surface area contributed by atoms with Crippen LogP contribution in [0.3, 0.4) is 0 Å². The lowest BCUT2D eigenvalue weighted by atomic mass is 9.90. The van der Waals surface area contributed by atoms with Gasteiger partial charge in [-0.25, -0.2) is 0 Å². The fourth-order valence-electron chi connectivity index (χ4n) is 2.41. The molecular formula is C18H26. The van der Waals surface area contributed by atoms with Gasteiger partial charge in [0.05, 0.1) is 0 Å². The predicted molar refractivity (Wildman–Crippen MR) is 81.9 cm³/mol. The van der Waals surface area contributed by atoms with Gasteiger partial charge in [0.1, 0.15) is 0 Å². The van der Waals surface area contributed by atoms with Crippen LogP contribution in [0.4, 0.5) is 0 Å². The number of benzene rings is 1. The molecule has 0 N–H and O–H groups in total. The van der Waals surface area contributed by atoms with Crippen LogP contribution < -0.4 is 0 Å². The Labute approximate surface area is 112 Å². The zero-order chi connectivity index (χ0) is 13.4. The maximum atomic E-state index is 4.03. The molecule has 1 aromatic rings. The van der Waals surface area contributed by atoms with Crippen molar-refractivity contribution in [1.29, 1.82) is 0 Å². The molecule has 98 valence electrons. The molecule has 0 saturated heterocycles. The highest BCUT2D eigenvalue weighted by atomic mass is 14.1. The summed E-state index contributed by atoms with van der Waals surface area (Å²) < 4.78 is 0. The third kappa shape index (κ3) is 4.52. The Kier molecular flexibility index (Phi) is 6.49. The minimum absolute atomic E-state index is 0.736. The van der Waals surface area contributed by atoms with Gasteiger partial charge in [-0.1, -0.05) is 69.3 Å². The Morgan fingerprint density at radius 3 is 2.44 bits per heavy atom. The minimum Gasteiger partial charge on any atom is -0.0988 e. The highest BCUT2D eigenvalue weighted by molar-refractivity contribution is 5.27. The smallest absolute Gasteiger partial charge is 0.0256 e. The molecule has 0 aliphatic rings. The summed E-state index contributed by atoms with van der Waals surface area (Å²) in [4.78, 5) is 0. The largest absolute Gasteiger partial charge is 0.0988 e. The molecule has 0 heteroatoms. The van der Waals surface area contributed by atoms with Crippen LogP contribution in [-0.4, -0.2) is 0 Å². The zero-order valence-corrected chi connectivity index (χ0v) is 11.9. The maximum absolute atomic E-state index is 4.03. The van der Waals surface area contributed by atoms with Crippen LogP contribution in [-0.2, 0) is 12.8 Å². The lowest BCUT2D eigenvalue weighted by Gasteiger charge is -2.16. The van der Waals surface area contributed by atoms with Crippen molar-refractivity contribution in [2.75, 3.05) is 0 Å². The molecule has 0 aromatic heterocycles. The zero-order valence-electron chi connectivity index (χ0n) is 11.9. The maximum Gasteiger partial charge on any atom is -0.0256 e. The fourth-order valence-corrected chi connectivity index (χ4v) is 2.41. The molecule has 0 spiro atoms. The number of hydrogen-bond acceptors (Lipinski definition) is 0. The third-order valence-corrected chi connectivity index (χ3v) is 3.74. The first-order valence-electron chi connectivity index (χ1n) is 7.08. The Hall–Kier alpha value is -1.30. The standard InChI is InChI=1S/C18H26/c1-5-15(4)14-16(6-2)12-13-18-11-9-8-10-17(18)7-3/h5,8-11,16H,1,4,6-7,12-14H2,2-3H3/t16-/m1/s1. The van der Waals surface area contributed by atoms with Gasteiger partial charge in [0.25, 0.3) is 0 Å². The summed E-state index contributed by atoms with van der Waals surface area (Å²) in [5.74, 6) is 0.736. The Morgan fingerprint density at radius 1 is 1.22 bits per heavy atom. The number of rotatable bonds is 8. The van der Waals surface area contributed by atoms with E-state index in [4.69, 9.17) is 0 Å². The summed E-state index contributed by atoms with van der Waals surface area (Å²) in [7, 11) is 0. The summed E-state index contributed by atoms with van der Waals surface area (Å²) in [6.45, 7) is 12.3. The highest BCUT2D eigenvalue weighted by Crippen LogP contribution is 2.22. The van der Waals surface area contributed by atoms with Gasteiger partial charge in [0, 0.05) is 0 Å². The van der Waals surface area contributed by atoms with Crippen molar-refractivity contribution in [3.05, 3.63) is 60.2 Å². The van der Waals surface area contributed by atoms with E-state index in [0.717, 1.165) is 18.8 Å². The van der Waals surface area contributed by atoms with Gasteiger partial charge in [-0.15, -0.1) is 0 Å². The number of hydrogen-bond donors (Lipinski definition) is 0. The summed E-state index contributed by atoms with van der Waals surface area (Å²) in [6, 6.07) is 8.81. The lowest BCUT2D eigenvalue weighted by Crippen LogP contribution is -2.03. The molecule has 0 fully saturated rings. The van der Waals surface area contributed by atoms with E-state index in [1.165, 1.54) is 36.0 Å². The second-order valence-corrected chi connectivity index (χ2v) is 5.00. The van der Waals surface area contributed by atoms with Gasteiger partial charge < -0.3 is 0 Å². The molecule has 0 nitrogen and oxygen atoms in total. The summed E-state index contributed by atoms with van der Waals surface area (Å²) in [5, 5.41) is 0. The molecule has 1 atom stereocenters. The van der Waals surface area contributed by atoms with Crippen LogP contribution in [0.2, 0.25) is 0 Å². The predicted octanol–water partition coefficient (Wildman–Crippen LogP) is 5.34. The summed E-state index contributed by atoms with van der Waals surface area (Å²) in [6.07, 6.45) is 7.78. The minimum atomic E-state index is 0.736. The molecule has 0 aliphatic heterocycles. The molecular weight excluding hydrogens is 216 g/mol. The van der Waals surface area contributed by atoms with E-state index >= 15 is 0 Å². The second kappa shape index (κ2) is 7.92. The normalized spacial score (nSPS) is 12.1. The van der Waals surface area contributed by atoms with Crippen molar-refractivity contribution in [3.8, 4) is 0 Å². The van der Waals surface area contributed by atoms with Crippen LogP contribution in [0.25, 0.3) is 0 Å². The first-order chi connectivity index (χ1) is 8.71. The molecule has 0 heterocycles. The number of aryl methyl sites for hydroxylation is 2. The van der Waals surface area contributed by atoms with Crippen molar-refractivity contribution in [1.82, 2.24) is 0 Å². The molecule has 1 aromatic carbocycles. The first-order valence-corrected chi connectivity index (χ1v) is 7.08. The Bertz CT molecular complexity index is 387. The average molecular weight is 242 g/mol. The quantitative estimate of drug-likeness (QED) is 0.540. The molecule has 18 heavy (non-hydrogen) atoms. The summed E-state index contributed by atoms with van der Waals surface area (Å²) >= 11 is 0. The molecule has 0 saturated carbocycles. The van der Waals surface area contributed by atoms with Crippen LogP contribution in [0, 0.1) is 5.92 Å². The molecule has 0 aliphatic carbocycles. The fraction of sp³-hybridized carbons (Fsp3) is 0.444. The van der Waals surface area contributed by atoms with Crippen LogP contribution >= 0.6 is 0 Å². The van der Waals surface area contributed by atoms with Crippen LogP contribution in [0.1, 0.15) is 44.2 Å². The van der Waals surface area contributed by atoms with Crippen LogP contribution in [0.15, 0.2) is 49.1 Å². The van der Waals surface area contributed by atoms with Crippen molar-refractivity contribution in [2.45, 2.75) is 46.0 Å². The second-order valence-electron chi connectivity index (χ2n) is 5.00. The van der Waals surface area contributed by atoms with Crippen LogP contribution in [0.5, 0.6) is 0 Å². The van der Waals surface area contributed by atoms with Gasteiger partial charge in [-0.2, -0.15) is 0 Å². The van der Waals surface area contributed by atoms with Gasteiger partial charge >= 0.3 is 0 Å². The SMILES string of the molecule is C=CC(=C)C[C@H](CC)CCc1ccccc1CC. The lowest BCUT2D eigenvalue weighted by molar-refractivity contribution is 0.470. The molecule has 0 amide bonds. The van der Waals surface area contributed by atoms with E-state index in [-0.39, 0.29) is 0 Å². The first kappa shape index (κ1) is 14.8. The van der Waals surface area contributed by atoms with E-state index in [9.17, 15) is 0 Å². The van der Waals surface area contributed by atoms with Gasteiger partial charge in [-0.05, 0) is 42.7 Å². The van der Waals surface area contributed by atoms with Crippen molar-refractivity contribution >= 4 is 0 Å². The Morgan fingerprint density at radius 2 is 1.89 bits per heavy atom. The van der Waals surface area contributed by atoms with Gasteiger partial charge in [0.15, 0.2) is 0 Å². The Balaban J connectivity index is 2.56. The molecule has 0 radical (unpaired) electrons.